The lowest BCUT2D eigenvalue weighted by Crippen LogP contribution is -2.43. The molecule has 6 nitrogen and oxygen atoms in total. The standard InChI is InChI=1S/C20H20Cl2N2O4S/c1-29-10-9-16(24-19(26)13-5-3-2-4-6-13)20(27)28-12-18(25)23-17-11-14(21)7-8-15(17)22/h2-8,11,16H,9-10,12H2,1H3,(H,23,25)(H,24,26). The van der Waals surface area contributed by atoms with Gasteiger partial charge in [-0.15, -0.1) is 0 Å². The molecule has 2 amide bonds. The van der Waals surface area contributed by atoms with E-state index in [0.29, 0.717) is 33.5 Å². The van der Waals surface area contributed by atoms with E-state index in [1.165, 1.54) is 17.8 Å². The molecule has 0 aliphatic rings. The van der Waals surface area contributed by atoms with Crippen LogP contribution in [0.4, 0.5) is 5.69 Å². The molecule has 0 fully saturated rings. The first-order valence-corrected chi connectivity index (χ1v) is 10.8. The van der Waals surface area contributed by atoms with Crippen LogP contribution in [0.15, 0.2) is 48.5 Å². The Bertz CT molecular complexity index is 865. The molecule has 2 rings (SSSR count). The Labute approximate surface area is 183 Å². The third-order valence-corrected chi connectivity index (χ3v) is 4.99. The molecule has 0 aliphatic heterocycles. The summed E-state index contributed by atoms with van der Waals surface area (Å²) in [5.74, 6) is -1.00. The second-order valence-electron chi connectivity index (χ2n) is 5.95. The Balaban J connectivity index is 1.93. The average molecular weight is 455 g/mol. The van der Waals surface area contributed by atoms with Crippen LogP contribution in [0, 0.1) is 0 Å². The first kappa shape index (κ1) is 23.1. The monoisotopic (exact) mass is 454 g/mol. The number of halogens is 2. The number of esters is 1. The largest absolute Gasteiger partial charge is 0.454 e. The molecule has 154 valence electrons. The Hall–Kier alpha value is -2.22. The van der Waals surface area contributed by atoms with E-state index in [9.17, 15) is 14.4 Å². The quantitative estimate of drug-likeness (QED) is 0.558. The number of amides is 2. The summed E-state index contributed by atoms with van der Waals surface area (Å²) >= 11 is 13.4. The predicted octanol–water partition coefficient (Wildman–Crippen LogP) is 4.03. The number of carbonyl (C=O) groups excluding carboxylic acids is 3. The maximum Gasteiger partial charge on any atom is 0.329 e. The van der Waals surface area contributed by atoms with Crippen molar-refractivity contribution in [3.05, 3.63) is 64.1 Å². The maximum atomic E-state index is 12.4. The molecule has 0 heterocycles. The molecule has 0 radical (unpaired) electrons. The van der Waals surface area contributed by atoms with Gasteiger partial charge in [0.25, 0.3) is 11.8 Å². The molecule has 2 aromatic carbocycles. The van der Waals surface area contributed by atoms with Crippen LogP contribution in [0.25, 0.3) is 0 Å². The number of hydrogen-bond donors (Lipinski definition) is 2. The fourth-order valence-electron chi connectivity index (χ4n) is 2.33. The highest BCUT2D eigenvalue weighted by atomic mass is 35.5. The smallest absolute Gasteiger partial charge is 0.329 e. The molecule has 1 unspecified atom stereocenters. The number of rotatable bonds is 9. The van der Waals surface area contributed by atoms with Crippen molar-refractivity contribution in [3.8, 4) is 0 Å². The van der Waals surface area contributed by atoms with Crippen LogP contribution in [-0.2, 0) is 14.3 Å². The fraction of sp³-hybridized carbons (Fsp3) is 0.250. The molecule has 0 aliphatic carbocycles. The van der Waals surface area contributed by atoms with E-state index in [1.54, 1.807) is 42.5 Å². The van der Waals surface area contributed by atoms with Crippen molar-refractivity contribution in [2.45, 2.75) is 12.5 Å². The average Bonchev–Trinajstić information content (AvgIpc) is 2.72. The molecule has 9 heteroatoms. The van der Waals surface area contributed by atoms with Gasteiger partial charge in [0.1, 0.15) is 6.04 Å². The maximum absolute atomic E-state index is 12.4. The van der Waals surface area contributed by atoms with Gasteiger partial charge < -0.3 is 15.4 Å². The van der Waals surface area contributed by atoms with E-state index in [0.717, 1.165) is 0 Å². The van der Waals surface area contributed by atoms with E-state index in [2.05, 4.69) is 10.6 Å². The Kier molecular flexibility index (Phi) is 9.31. The Morgan fingerprint density at radius 3 is 2.52 bits per heavy atom. The highest BCUT2D eigenvalue weighted by Crippen LogP contribution is 2.25. The summed E-state index contributed by atoms with van der Waals surface area (Å²) in [6, 6.07) is 12.3. The second-order valence-corrected chi connectivity index (χ2v) is 7.78. The zero-order valence-corrected chi connectivity index (χ0v) is 17.9. The number of ether oxygens (including phenoxy) is 1. The first-order chi connectivity index (χ1) is 13.9. The fourth-order valence-corrected chi connectivity index (χ4v) is 3.14. The van der Waals surface area contributed by atoms with Gasteiger partial charge in [0, 0.05) is 10.6 Å². The second kappa shape index (κ2) is 11.7. The Morgan fingerprint density at radius 2 is 1.83 bits per heavy atom. The van der Waals surface area contributed by atoms with Crippen LogP contribution < -0.4 is 10.6 Å². The predicted molar refractivity (Wildman–Crippen MR) is 117 cm³/mol. The molecule has 0 saturated carbocycles. The lowest BCUT2D eigenvalue weighted by atomic mass is 10.1. The van der Waals surface area contributed by atoms with E-state index in [-0.39, 0.29) is 5.91 Å². The van der Waals surface area contributed by atoms with Crippen molar-refractivity contribution >= 4 is 58.4 Å². The van der Waals surface area contributed by atoms with Gasteiger partial charge in [-0.1, -0.05) is 41.4 Å². The van der Waals surface area contributed by atoms with Crippen LogP contribution in [-0.4, -0.2) is 42.4 Å². The molecule has 0 aromatic heterocycles. The number of benzene rings is 2. The van der Waals surface area contributed by atoms with E-state index in [1.807, 2.05) is 6.26 Å². The van der Waals surface area contributed by atoms with Gasteiger partial charge in [0.15, 0.2) is 6.61 Å². The lowest BCUT2D eigenvalue weighted by Gasteiger charge is -2.17. The number of carbonyl (C=O) groups is 3. The third kappa shape index (κ3) is 7.61. The Morgan fingerprint density at radius 1 is 1.10 bits per heavy atom. The van der Waals surface area contributed by atoms with Crippen molar-refractivity contribution in [2.24, 2.45) is 0 Å². The minimum Gasteiger partial charge on any atom is -0.454 e. The number of hydrogen-bond acceptors (Lipinski definition) is 5. The van der Waals surface area contributed by atoms with Crippen LogP contribution >= 0.6 is 35.0 Å². The SMILES string of the molecule is CSCCC(NC(=O)c1ccccc1)C(=O)OCC(=O)Nc1cc(Cl)ccc1Cl. The van der Waals surface area contributed by atoms with E-state index >= 15 is 0 Å². The van der Waals surface area contributed by atoms with Crippen LogP contribution in [0.3, 0.4) is 0 Å². The van der Waals surface area contributed by atoms with Gasteiger partial charge in [-0.2, -0.15) is 11.8 Å². The summed E-state index contributed by atoms with van der Waals surface area (Å²) in [7, 11) is 0. The van der Waals surface area contributed by atoms with Crippen molar-refractivity contribution in [1.29, 1.82) is 0 Å². The van der Waals surface area contributed by atoms with Gasteiger partial charge in [-0.05, 0) is 48.8 Å². The van der Waals surface area contributed by atoms with Gasteiger partial charge in [-0.3, -0.25) is 9.59 Å². The molecular weight excluding hydrogens is 435 g/mol. The van der Waals surface area contributed by atoms with Gasteiger partial charge in [0.05, 0.1) is 10.7 Å². The normalized spacial score (nSPS) is 11.4. The minimum absolute atomic E-state index is 0.307. The van der Waals surface area contributed by atoms with Crippen molar-refractivity contribution < 1.29 is 19.1 Å². The summed E-state index contributed by atoms with van der Waals surface area (Å²) in [5.41, 5.74) is 0.749. The summed E-state index contributed by atoms with van der Waals surface area (Å²) < 4.78 is 5.09. The van der Waals surface area contributed by atoms with Crippen LogP contribution in [0.2, 0.25) is 10.0 Å². The zero-order chi connectivity index (χ0) is 21.2. The third-order valence-electron chi connectivity index (χ3n) is 3.78. The molecular formula is C20H20Cl2N2O4S. The molecule has 0 bridgehead atoms. The molecule has 2 aromatic rings. The van der Waals surface area contributed by atoms with Gasteiger partial charge in [-0.25, -0.2) is 4.79 Å². The lowest BCUT2D eigenvalue weighted by molar-refractivity contribution is -0.149. The van der Waals surface area contributed by atoms with Crippen LogP contribution in [0.1, 0.15) is 16.8 Å². The molecule has 2 N–H and O–H groups in total. The van der Waals surface area contributed by atoms with Crippen molar-refractivity contribution in [2.75, 3.05) is 23.9 Å². The number of thioether (sulfide) groups is 1. The summed E-state index contributed by atoms with van der Waals surface area (Å²) in [6.45, 7) is -0.515. The summed E-state index contributed by atoms with van der Waals surface area (Å²) in [5, 5.41) is 5.90. The summed E-state index contributed by atoms with van der Waals surface area (Å²) in [4.78, 5) is 36.8. The number of anilines is 1. The van der Waals surface area contributed by atoms with Gasteiger partial charge in [0.2, 0.25) is 0 Å². The zero-order valence-electron chi connectivity index (χ0n) is 15.6. The van der Waals surface area contributed by atoms with Crippen molar-refractivity contribution in [1.82, 2.24) is 5.32 Å². The minimum atomic E-state index is -0.863. The summed E-state index contributed by atoms with van der Waals surface area (Å²) in [6.07, 6.45) is 2.27. The highest BCUT2D eigenvalue weighted by molar-refractivity contribution is 7.98. The molecule has 29 heavy (non-hydrogen) atoms. The van der Waals surface area contributed by atoms with E-state index < -0.39 is 24.5 Å². The highest BCUT2D eigenvalue weighted by Gasteiger charge is 2.23. The number of nitrogens with one attached hydrogen (secondary N) is 2. The van der Waals surface area contributed by atoms with Gasteiger partial charge >= 0.3 is 5.97 Å². The topological polar surface area (TPSA) is 84.5 Å². The van der Waals surface area contributed by atoms with E-state index in [4.69, 9.17) is 27.9 Å². The first-order valence-electron chi connectivity index (χ1n) is 8.67. The van der Waals surface area contributed by atoms with Crippen LogP contribution in [0.5, 0.6) is 0 Å². The van der Waals surface area contributed by atoms with Crippen molar-refractivity contribution in [3.63, 3.8) is 0 Å². The molecule has 1 atom stereocenters. The molecule has 0 saturated heterocycles. The molecule has 0 spiro atoms.